The van der Waals surface area contributed by atoms with Gasteiger partial charge in [-0.05, 0) is 55.5 Å². The zero-order chi connectivity index (χ0) is 16.2. The largest absolute Gasteiger partial charge is 0.486 e. The predicted octanol–water partition coefficient (Wildman–Crippen LogP) is 4.43. The molecule has 0 atom stereocenters. The third-order valence-corrected chi connectivity index (χ3v) is 4.41. The van der Waals surface area contributed by atoms with Crippen molar-refractivity contribution in [2.24, 2.45) is 5.10 Å². The highest BCUT2D eigenvalue weighted by atomic mass is 35.5. The first-order chi connectivity index (χ1) is 11.1. The summed E-state index contributed by atoms with van der Waals surface area (Å²) in [4.78, 5) is 2.28. The maximum absolute atomic E-state index is 5.85. The van der Waals surface area contributed by atoms with Crippen molar-refractivity contribution in [1.82, 2.24) is 14.9 Å². The lowest BCUT2D eigenvalue weighted by Crippen LogP contribution is -2.04. The number of hydrogen-bond acceptors (Lipinski definition) is 5. The first-order valence-corrected chi connectivity index (χ1v) is 8.37. The topological polar surface area (TPSA) is 55.2 Å². The Morgan fingerprint density at radius 2 is 2.13 bits per heavy atom. The molecule has 0 aliphatic rings. The molecule has 0 fully saturated rings. The van der Waals surface area contributed by atoms with Crippen LogP contribution in [-0.2, 0) is 6.61 Å². The van der Waals surface area contributed by atoms with Crippen LogP contribution in [0.15, 0.2) is 41.5 Å². The molecule has 0 amide bonds. The first kappa shape index (κ1) is 15.9. The second kappa shape index (κ2) is 7.08. The molecule has 3 aromatic rings. The van der Waals surface area contributed by atoms with Crippen LogP contribution in [0.5, 0.6) is 5.75 Å². The van der Waals surface area contributed by atoms with E-state index in [1.165, 1.54) is 4.88 Å². The van der Waals surface area contributed by atoms with Crippen LogP contribution in [0.4, 0.5) is 0 Å². The quantitative estimate of drug-likeness (QED) is 0.538. The second-order valence-electron chi connectivity index (χ2n) is 4.69. The molecule has 5 nitrogen and oxygen atoms in total. The number of aromatic nitrogens is 3. The summed E-state index contributed by atoms with van der Waals surface area (Å²) >= 11 is 12.7. The summed E-state index contributed by atoms with van der Waals surface area (Å²) in [6.07, 6.45) is 1.76. The van der Waals surface area contributed by atoms with Gasteiger partial charge in [0.05, 0.1) is 6.21 Å². The maximum atomic E-state index is 5.85. The number of ether oxygens (including phenoxy) is 1. The van der Waals surface area contributed by atoms with E-state index in [4.69, 9.17) is 28.6 Å². The van der Waals surface area contributed by atoms with E-state index in [0.717, 1.165) is 4.88 Å². The Balaban J connectivity index is 1.74. The number of aryl methyl sites for hydroxylation is 1. The van der Waals surface area contributed by atoms with E-state index in [1.807, 2.05) is 12.1 Å². The summed E-state index contributed by atoms with van der Waals surface area (Å²) in [6.45, 7) is 2.30. The number of halogens is 1. The molecule has 0 spiro atoms. The van der Waals surface area contributed by atoms with Gasteiger partial charge in [0.25, 0.3) is 0 Å². The Hall–Kier alpha value is -1.96. The lowest BCUT2D eigenvalue weighted by atomic mass is 10.3. The van der Waals surface area contributed by atoms with E-state index < -0.39 is 0 Å². The molecular weight excluding hydrogens is 352 g/mol. The molecule has 2 aromatic heterocycles. The van der Waals surface area contributed by atoms with Gasteiger partial charge >= 0.3 is 0 Å². The molecule has 23 heavy (non-hydrogen) atoms. The summed E-state index contributed by atoms with van der Waals surface area (Å²) in [5, 5.41) is 11.9. The lowest BCUT2D eigenvalue weighted by Gasteiger charge is -2.05. The number of hydrogen-bond donors (Lipinski definition) is 1. The molecule has 1 N–H and O–H groups in total. The lowest BCUT2D eigenvalue weighted by molar-refractivity contribution is 0.290. The fraction of sp³-hybridized carbons (Fsp3) is 0.133. The number of nitrogens with zero attached hydrogens (tertiary/aromatic N) is 3. The van der Waals surface area contributed by atoms with E-state index in [0.29, 0.717) is 21.4 Å². The summed E-state index contributed by atoms with van der Waals surface area (Å²) in [5.41, 5.74) is 0. The molecule has 0 saturated heterocycles. The minimum atomic E-state index is 0.246. The van der Waals surface area contributed by atoms with Crippen LogP contribution in [0, 0.1) is 11.7 Å². The van der Waals surface area contributed by atoms with Gasteiger partial charge in [0, 0.05) is 14.8 Å². The van der Waals surface area contributed by atoms with Crippen molar-refractivity contribution in [2.45, 2.75) is 13.5 Å². The molecule has 1 aromatic carbocycles. The number of thiophene rings is 1. The van der Waals surface area contributed by atoms with Gasteiger partial charge < -0.3 is 4.74 Å². The molecule has 0 radical (unpaired) electrons. The smallest absolute Gasteiger partial charge is 0.216 e. The standard InChI is InChI=1S/C15H13ClN4OS2/c1-10-2-7-13(23-10)8-17-20-14(18-19-15(20)22)9-21-12-5-3-11(16)4-6-12/h2-8H,9H2,1H3,(H,19,22)/b17-8-. The van der Waals surface area contributed by atoms with E-state index in [-0.39, 0.29) is 6.61 Å². The van der Waals surface area contributed by atoms with Gasteiger partial charge in [0.2, 0.25) is 4.77 Å². The Bertz CT molecular complexity index is 880. The summed E-state index contributed by atoms with van der Waals surface area (Å²) in [7, 11) is 0. The van der Waals surface area contributed by atoms with Gasteiger partial charge in [0.1, 0.15) is 12.4 Å². The molecule has 118 valence electrons. The average Bonchev–Trinajstić information content (AvgIpc) is 3.11. The van der Waals surface area contributed by atoms with Crippen molar-refractivity contribution in [3.8, 4) is 5.75 Å². The third kappa shape index (κ3) is 4.07. The van der Waals surface area contributed by atoms with E-state index in [2.05, 4.69) is 22.2 Å². The SMILES string of the molecule is Cc1ccc(/C=N\n2c(COc3ccc(Cl)cc3)n[nH]c2=S)s1. The van der Waals surface area contributed by atoms with Crippen LogP contribution >= 0.6 is 35.2 Å². The molecule has 0 aliphatic carbocycles. The Labute approximate surface area is 147 Å². The van der Waals surface area contributed by atoms with Crippen LogP contribution < -0.4 is 4.74 Å². The third-order valence-electron chi connectivity index (χ3n) is 2.96. The number of aromatic amines is 1. The summed E-state index contributed by atoms with van der Waals surface area (Å²) in [5.74, 6) is 1.29. The molecule has 0 aliphatic heterocycles. The summed E-state index contributed by atoms with van der Waals surface area (Å²) in [6, 6.07) is 11.2. The Morgan fingerprint density at radius 3 is 2.83 bits per heavy atom. The fourth-order valence-electron chi connectivity index (χ4n) is 1.85. The normalized spacial score (nSPS) is 11.2. The molecule has 3 rings (SSSR count). The number of H-pyrrole nitrogens is 1. The van der Waals surface area contributed by atoms with Gasteiger partial charge in [-0.15, -0.1) is 11.3 Å². The highest BCUT2D eigenvalue weighted by molar-refractivity contribution is 7.71. The fourth-order valence-corrected chi connectivity index (χ4v) is 2.92. The van der Waals surface area contributed by atoms with Crippen molar-refractivity contribution in [3.63, 3.8) is 0 Å². The van der Waals surface area contributed by atoms with Crippen LogP contribution in [0.2, 0.25) is 5.02 Å². The minimum absolute atomic E-state index is 0.246. The second-order valence-corrected chi connectivity index (χ2v) is 6.83. The number of nitrogens with one attached hydrogen (secondary N) is 1. The van der Waals surface area contributed by atoms with Crippen molar-refractivity contribution < 1.29 is 4.74 Å². The van der Waals surface area contributed by atoms with Crippen LogP contribution in [-0.4, -0.2) is 21.1 Å². The Kier molecular flexibility index (Phi) is 4.90. The molecule has 8 heteroatoms. The predicted molar refractivity (Wildman–Crippen MR) is 95.2 cm³/mol. The zero-order valence-electron chi connectivity index (χ0n) is 12.2. The van der Waals surface area contributed by atoms with E-state index in [9.17, 15) is 0 Å². The first-order valence-electron chi connectivity index (χ1n) is 6.77. The van der Waals surface area contributed by atoms with Gasteiger partial charge in [-0.1, -0.05) is 11.6 Å². The van der Waals surface area contributed by atoms with Crippen LogP contribution in [0.1, 0.15) is 15.6 Å². The monoisotopic (exact) mass is 364 g/mol. The van der Waals surface area contributed by atoms with E-state index in [1.54, 1.807) is 46.5 Å². The maximum Gasteiger partial charge on any atom is 0.216 e. The van der Waals surface area contributed by atoms with Crippen LogP contribution in [0.25, 0.3) is 0 Å². The van der Waals surface area contributed by atoms with Gasteiger partial charge in [-0.3, -0.25) is 0 Å². The molecular formula is C15H13ClN4OS2. The van der Waals surface area contributed by atoms with Crippen molar-refractivity contribution in [3.05, 3.63) is 61.8 Å². The van der Waals surface area contributed by atoms with Gasteiger partial charge in [-0.25, -0.2) is 5.10 Å². The highest BCUT2D eigenvalue weighted by Gasteiger charge is 2.06. The van der Waals surface area contributed by atoms with Crippen LogP contribution in [0.3, 0.4) is 0 Å². The Morgan fingerprint density at radius 1 is 1.35 bits per heavy atom. The molecule has 2 heterocycles. The number of benzene rings is 1. The molecule has 0 unspecified atom stereocenters. The van der Waals surface area contributed by atoms with Crippen molar-refractivity contribution in [1.29, 1.82) is 0 Å². The van der Waals surface area contributed by atoms with Crippen molar-refractivity contribution in [2.75, 3.05) is 0 Å². The van der Waals surface area contributed by atoms with Gasteiger partial charge in [-0.2, -0.15) is 14.9 Å². The van der Waals surface area contributed by atoms with E-state index >= 15 is 0 Å². The zero-order valence-corrected chi connectivity index (χ0v) is 14.6. The molecule has 0 bridgehead atoms. The van der Waals surface area contributed by atoms with Gasteiger partial charge in [0.15, 0.2) is 5.82 Å². The van der Waals surface area contributed by atoms with Crippen molar-refractivity contribution >= 4 is 41.4 Å². The summed E-state index contributed by atoms with van der Waals surface area (Å²) < 4.78 is 7.65. The highest BCUT2D eigenvalue weighted by Crippen LogP contribution is 2.17. The number of rotatable bonds is 5. The average molecular weight is 365 g/mol. The minimum Gasteiger partial charge on any atom is -0.486 e. The molecule has 0 saturated carbocycles.